The number of carbonyl (C=O) groups is 1. The average molecular weight is 480 g/mol. The molecule has 0 aliphatic heterocycles. The zero-order valence-electron chi connectivity index (χ0n) is 18.0. The predicted octanol–water partition coefficient (Wildman–Crippen LogP) is 5.87. The fourth-order valence-electron chi connectivity index (χ4n) is 3.16. The van der Waals surface area contributed by atoms with E-state index in [1.807, 2.05) is 17.5 Å². The van der Waals surface area contributed by atoms with Crippen molar-refractivity contribution in [2.75, 3.05) is 13.2 Å². The molecular weight excluding hydrogens is 455 g/mol. The normalized spacial score (nSPS) is 12.5. The Balaban J connectivity index is 1.45. The third-order valence-corrected chi connectivity index (χ3v) is 5.76. The molecule has 0 aliphatic carbocycles. The Morgan fingerprint density at radius 1 is 1.12 bits per heavy atom. The topological polar surface area (TPSA) is 68.7 Å². The smallest absolute Gasteiger partial charge is 0.416 e. The molecule has 1 atom stereocenters. The van der Waals surface area contributed by atoms with Gasteiger partial charge in [-0.25, -0.2) is 9.78 Å². The molecule has 0 radical (unpaired) electrons. The number of thiazole rings is 1. The number of benzene rings is 2. The fourth-order valence-corrected chi connectivity index (χ4v) is 4.01. The average Bonchev–Trinajstić information content (AvgIpc) is 3.26. The van der Waals surface area contributed by atoms with Crippen molar-refractivity contribution in [3.05, 3.63) is 70.0 Å². The van der Waals surface area contributed by atoms with Crippen LogP contribution in [0.4, 0.5) is 13.2 Å². The summed E-state index contributed by atoms with van der Waals surface area (Å²) in [7, 11) is 0. The number of hydrogen-bond acceptors (Lipinski definition) is 5. The van der Waals surface area contributed by atoms with Gasteiger partial charge < -0.3 is 14.6 Å². The minimum atomic E-state index is -4.35. The van der Waals surface area contributed by atoms with Gasteiger partial charge in [-0.05, 0) is 43.2 Å². The molecule has 0 fully saturated rings. The van der Waals surface area contributed by atoms with Gasteiger partial charge in [-0.2, -0.15) is 13.2 Å². The van der Waals surface area contributed by atoms with Crippen molar-refractivity contribution in [2.45, 2.75) is 38.5 Å². The largest absolute Gasteiger partial charge is 0.494 e. The Morgan fingerprint density at radius 2 is 1.82 bits per heavy atom. The molecule has 5 nitrogen and oxygen atoms in total. The number of rotatable bonds is 11. The van der Waals surface area contributed by atoms with E-state index < -0.39 is 23.8 Å². The Morgan fingerprint density at radius 3 is 2.42 bits per heavy atom. The molecule has 176 valence electrons. The SMILES string of the molecule is CCOC(Cc1ccc(OCCCc2nc(-c3ccc(C(F)(F)F)cc3)cs2)cc1)C(=O)O. The van der Waals surface area contributed by atoms with Crippen molar-refractivity contribution in [1.29, 1.82) is 0 Å². The second-order valence-electron chi connectivity index (χ2n) is 7.28. The minimum Gasteiger partial charge on any atom is -0.494 e. The molecule has 3 aromatic rings. The van der Waals surface area contributed by atoms with Gasteiger partial charge in [-0.15, -0.1) is 11.3 Å². The summed E-state index contributed by atoms with van der Waals surface area (Å²) in [5.41, 5.74) is 1.48. The lowest BCUT2D eigenvalue weighted by atomic mass is 10.1. The van der Waals surface area contributed by atoms with Gasteiger partial charge in [-0.3, -0.25) is 0 Å². The van der Waals surface area contributed by atoms with Crippen LogP contribution in [0.25, 0.3) is 11.3 Å². The molecule has 0 saturated carbocycles. The lowest BCUT2D eigenvalue weighted by Gasteiger charge is -2.12. The highest BCUT2D eigenvalue weighted by molar-refractivity contribution is 7.09. The van der Waals surface area contributed by atoms with E-state index in [-0.39, 0.29) is 6.42 Å². The highest BCUT2D eigenvalue weighted by Crippen LogP contribution is 2.31. The molecule has 1 heterocycles. The van der Waals surface area contributed by atoms with E-state index in [4.69, 9.17) is 14.6 Å². The molecular formula is C24H24F3NO4S. The standard InChI is InChI=1S/C24H24F3NO4S/c1-2-31-21(23(29)30)14-16-5-11-19(12-6-16)32-13-3-4-22-28-20(15-33-22)17-7-9-18(10-8-17)24(25,26)27/h5-12,15,21H,2-4,13-14H2,1H3,(H,29,30). The van der Waals surface area contributed by atoms with E-state index in [9.17, 15) is 18.0 Å². The van der Waals surface area contributed by atoms with Crippen LogP contribution in [-0.2, 0) is 28.5 Å². The molecule has 2 aromatic carbocycles. The van der Waals surface area contributed by atoms with Gasteiger partial charge in [0.05, 0.1) is 22.9 Å². The van der Waals surface area contributed by atoms with E-state index >= 15 is 0 Å². The lowest BCUT2D eigenvalue weighted by Crippen LogP contribution is -2.26. The fraction of sp³-hybridized carbons (Fsp3) is 0.333. The number of nitrogens with zero attached hydrogens (tertiary/aromatic N) is 1. The van der Waals surface area contributed by atoms with Crippen molar-refractivity contribution in [2.24, 2.45) is 0 Å². The summed E-state index contributed by atoms with van der Waals surface area (Å²) in [6, 6.07) is 12.2. The second-order valence-corrected chi connectivity index (χ2v) is 8.23. The number of halogens is 3. The molecule has 0 saturated heterocycles. The Hall–Kier alpha value is -2.91. The first-order chi connectivity index (χ1) is 15.8. The van der Waals surface area contributed by atoms with Crippen molar-refractivity contribution < 1.29 is 32.5 Å². The minimum absolute atomic E-state index is 0.286. The monoisotopic (exact) mass is 479 g/mol. The van der Waals surface area contributed by atoms with Crippen LogP contribution in [0.3, 0.4) is 0 Å². The van der Waals surface area contributed by atoms with Gasteiger partial charge in [0, 0.05) is 30.4 Å². The summed E-state index contributed by atoms with van der Waals surface area (Å²) in [5, 5.41) is 11.9. The maximum Gasteiger partial charge on any atom is 0.416 e. The van der Waals surface area contributed by atoms with Crippen molar-refractivity contribution in [3.63, 3.8) is 0 Å². The molecule has 9 heteroatoms. The van der Waals surface area contributed by atoms with Gasteiger partial charge in [0.2, 0.25) is 0 Å². The number of carboxylic acid groups (broad SMARTS) is 1. The summed E-state index contributed by atoms with van der Waals surface area (Å²) < 4.78 is 49.1. The molecule has 0 amide bonds. The van der Waals surface area contributed by atoms with Crippen molar-refractivity contribution >= 4 is 17.3 Å². The molecule has 1 N–H and O–H groups in total. The van der Waals surface area contributed by atoms with E-state index in [1.165, 1.54) is 23.5 Å². The lowest BCUT2D eigenvalue weighted by molar-refractivity contribution is -0.150. The molecule has 3 rings (SSSR count). The van der Waals surface area contributed by atoms with Gasteiger partial charge in [-0.1, -0.05) is 24.3 Å². The second kappa shape index (κ2) is 11.3. The molecule has 33 heavy (non-hydrogen) atoms. The van der Waals surface area contributed by atoms with E-state index in [0.29, 0.717) is 36.6 Å². The Kier molecular flexibility index (Phi) is 8.46. The molecule has 1 unspecified atom stereocenters. The molecule has 1 aromatic heterocycles. The van der Waals surface area contributed by atoms with Gasteiger partial charge >= 0.3 is 12.1 Å². The number of hydrogen-bond donors (Lipinski definition) is 1. The van der Waals surface area contributed by atoms with E-state index in [1.54, 1.807) is 19.1 Å². The predicted molar refractivity (Wildman–Crippen MR) is 120 cm³/mol. The van der Waals surface area contributed by atoms with Crippen LogP contribution in [-0.4, -0.2) is 35.4 Å². The number of aryl methyl sites for hydroxylation is 1. The van der Waals surface area contributed by atoms with Crippen molar-refractivity contribution in [3.8, 4) is 17.0 Å². The summed E-state index contributed by atoms with van der Waals surface area (Å²) in [6.45, 7) is 2.57. The number of aromatic nitrogens is 1. The van der Waals surface area contributed by atoms with Crippen LogP contribution in [0.5, 0.6) is 5.75 Å². The van der Waals surface area contributed by atoms with Crippen LogP contribution < -0.4 is 4.74 Å². The zero-order valence-corrected chi connectivity index (χ0v) is 18.8. The van der Waals surface area contributed by atoms with Crippen LogP contribution >= 0.6 is 11.3 Å². The highest BCUT2D eigenvalue weighted by atomic mass is 32.1. The molecule has 0 aliphatic rings. The first kappa shape index (κ1) is 24.7. The third kappa shape index (κ3) is 7.30. The van der Waals surface area contributed by atoms with Gasteiger partial charge in [0.25, 0.3) is 0 Å². The first-order valence-corrected chi connectivity index (χ1v) is 11.3. The van der Waals surface area contributed by atoms with Crippen LogP contribution in [0.2, 0.25) is 0 Å². The summed E-state index contributed by atoms with van der Waals surface area (Å²) in [5.74, 6) is -0.299. The molecule has 0 bridgehead atoms. The van der Waals surface area contributed by atoms with E-state index in [2.05, 4.69) is 4.98 Å². The van der Waals surface area contributed by atoms with E-state index in [0.717, 1.165) is 29.1 Å². The summed E-state index contributed by atoms with van der Waals surface area (Å²) in [6.07, 6.45) is -3.51. The summed E-state index contributed by atoms with van der Waals surface area (Å²) in [4.78, 5) is 15.7. The van der Waals surface area contributed by atoms with Gasteiger partial charge in [0.15, 0.2) is 6.10 Å². The summed E-state index contributed by atoms with van der Waals surface area (Å²) >= 11 is 1.47. The van der Waals surface area contributed by atoms with Crippen LogP contribution in [0.1, 0.15) is 29.5 Å². The first-order valence-electron chi connectivity index (χ1n) is 10.4. The Labute approximate surface area is 193 Å². The Bertz CT molecular complexity index is 1030. The highest BCUT2D eigenvalue weighted by Gasteiger charge is 2.30. The third-order valence-electron chi connectivity index (χ3n) is 4.85. The van der Waals surface area contributed by atoms with Gasteiger partial charge in [0.1, 0.15) is 5.75 Å². The molecule has 0 spiro atoms. The maximum absolute atomic E-state index is 12.7. The maximum atomic E-state index is 12.7. The van der Waals surface area contributed by atoms with Crippen molar-refractivity contribution in [1.82, 2.24) is 4.98 Å². The zero-order chi connectivity index (χ0) is 23.8. The quantitative estimate of drug-likeness (QED) is 0.348. The number of carboxylic acids is 1. The number of ether oxygens (including phenoxy) is 2. The number of aliphatic carboxylic acids is 1. The van der Waals surface area contributed by atoms with Crippen LogP contribution in [0.15, 0.2) is 53.9 Å². The number of alkyl halides is 3. The van der Waals surface area contributed by atoms with Crippen LogP contribution in [0, 0.1) is 0 Å².